The molecule has 0 bridgehead atoms. The molecule has 0 amide bonds. The Bertz CT molecular complexity index is 381. The minimum atomic E-state index is 0.367. The Morgan fingerprint density at radius 2 is 2.33 bits per heavy atom. The van der Waals surface area contributed by atoms with Crippen LogP contribution in [0.15, 0.2) is 0 Å². The third-order valence-electron chi connectivity index (χ3n) is 2.94. The molecule has 0 aromatic carbocycles. The second kappa shape index (κ2) is 3.89. The largest absolute Gasteiger partial charge is 0.388 e. The van der Waals surface area contributed by atoms with Crippen molar-refractivity contribution in [2.75, 3.05) is 0 Å². The molecule has 0 radical (unpaired) electrons. The molecule has 1 aromatic heterocycles. The van der Waals surface area contributed by atoms with E-state index >= 15 is 0 Å². The van der Waals surface area contributed by atoms with E-state index in [0.717, 1.165) is 17.8 Å². The lowest BCUT2D eigenvalue weighted by atomic mass is 10.2. The molecule has 0 saturated heterocycles. The molecule has 82 valence electrons. The fraction of sp³-hybridized carbons (Fsp3) is 0.700. The van der Waals surface area contributed by atoms with E-state index in [1.165, 1.54) is 12.8 Å². The number of nitrogens with two attached hydrogens (primary N) is 1. The zero-order valence-corrected chi connectivity index (χ0v) is 9.92. The van der Waals surface area contributed by atoms with Crippen molar-refractivity contribution in [1.82, 2.24) is 15.0 Å². The molecule has 1 saturated carbocycles. The Kier molecular flexibility index (Phi) is 2.73. The van der Waals surface area contributed by atoms with Gasteiger partial charge < -0.3 is 5.73 Å². The number of thiocarbonyl (C=S) groups is 1. The van der Waals surface area contributed by atoms with Crippen LogP contribution < -0.4 is 5.73 Å². The predicted octanol–water partition coefficient (Wildman–Crippen LogP) is 1.76. The molecule has 1 aliphatic carbocycles. The molecular formula is C10H16N4S. The topological polar surface area (TPSA) is 56.7 Å². The van der Waals surface area contributed by atoms with Gasteiger partial charge in [-0.2, -0.15) is 0 Å². The molecule has 4 nitrogen and oxygen atoms in total. The second-order valence-electron chi connectivity index (χ2n) is 4.16. The number of hydrogen-bond acceptors (Lipinski definition) is 3. The maximum absolute atomic E-state index is 5.65. The average molecular weight is 224 g/mol. The van der Waals surface area contributed by atoms with Crippen molar-refractivity contribution in [3.05, 3.63) is 11.4 Å². The summed E-state index contributed by atoms with van der Waals surface area (Å²) in [4.78, 5) is 0.367. The van der Waals surface area contributed by atoms with Crippen LogP contribution in [0.2, 0.25) is 0 Å². The standard InChI is InChI=1S/C10H16N4S/c1-3-6(2)14-9(7-4-5-7)8(10(11)15)12-13-14/h6-7H,3-5H2,1-2H3,(H2,11,15). The Hall–Kier alpha value is -0.970. The lowest BCUT2D eigenvalue weighted by molar-refractivity contribution is 0.448. The average Bonchev–Trinajstić information content (AvgIpc) is 2.95. The van der Waals surface area contributed by atoms with Crippen molar-refractivity contribution in [2.24, 2.45) is 5.73 Å². The van der Waals surface area contributed by atoms with E-state index in [2.05, 4.69) is 24.2 Å². The quantitative estimate of drug-likeness (QED) is 0.792. The van der Waals surface area contributed by atoms with Crippen molar-refractivity contribution in [2.45, 2.75) is 45.1 Å². The smallest absolute Gasteiger partial charge is 0.143 e. The van der Waals surface area contributed by atoms with Gasteiger partial charge in [0.15, 0.2) is 0 Å². The highest BCUT2D eigenvalue weighted by Crippen LogP contribution is 2.42. The van der Waals surface area contributed by atoms with Crippen molar-refractivity contribution < 1.29 is 0 Å². The number of nitrogens with zero attached hydrogens (tertiary/aromatic N) is 3. The van der Waals surface area contributed by atoms with Gasteiger partial charge in [-0.1, -0.05) is 24.4 Å². The van der Waals surface area contributed by atoms with Gasteiger partial charge in [-0.05, 0) is 26.2 Å². The Balaban J connectivity index is 2.42. The summed E-state index contributed by atoms with van der Waals surface area (Å²) >= 11 is 4.99. The summed E-state index contributed by atoms with van der Waals surface area (Å²) in [5, 5.41) is 8.26. The highest BCUT2D eigenvalue weighted by Gasteiger charge is 2.32. The molecule has 5 heteroatoms. The maximum atomic E-state index is 5.65. The van der Waals surface area contributed by atoms with Crippen LogP contribution in [0.25, 0.3) is 0 Å². The molecule has 1 fully saturated rings. The van der Waals surface area contributed by atoms with E-state index in [0.29, 0.717) is 16.9 Å². The van der Waals surface area contributed by atoms with Crippen LogP contribution in [0.4, 0.5) is 0 Å². The lowest BCUT2D eigenvalue weighted by Gasteiger charge is -2.12. The fourth-order valence-corrected chi connectivity index (χ4v) is 1.86. The van der Waals surface area contributed by atoms with E-state index in [1.54, 1.807) is 0 Å². The molecule has 0 spiro atoms. The zero-order chi connectivity index (χ0) is 11.0. The summed E-state index contributed by atoms with van der Waals surface area (Å²) in [6, 6.07) is 0.371. The third-order valence-corrected chi connectivity index (χ3v) is 3.13. The Morgan fingerprint density at radius 3 is 2.80 bits per heavy atom. The summed E-state index contributed by atoms with van der Waals surface area (Å²) in [6.07, 6.45) is 3.46. The van der Waals surface area contributed by atoms with Gasteiger partial charge in [-0.3, -0.25) is 0 Å². The fourth-order valence-electron chi connectivity index (χ4n) is 1.71. The van der Waals surface area contributed by atoms with E-state index in [1.807, 2.05) is 4.68 Å². The van der Waals surface area contributed by atoms with Crippen LogP contribution in [0.3, 0.4) is 0 Å². The predicted molar refractivity (Wildman–Crippen MR) is 62.9 cm³/mol. The molecule has 0 aliphatic heterocycles. The minimum absolute atomic E-state index is 0.367. The molecular weight excluding hydrogens is 208 g/mol. The first-order valence-corrected chi connectivity index (χ1v) is 5.80. The van der Waals surface area contributed by atoms with Gasteiger partial charge in [0.05, 0.1) is 11.7 Å². The van der Waals surface area contributed by atoms with Gasteiger partial charge in [-0.25, -0.2) is 4.68 Å². The van der Waals surface area contributed by atoms with Crippen molar-refractivity contribution in [3.63, 3.8) is 0 Å². The van der Waals surface area contributed by atoms with Crippen LogP contribution in [-0.2, 0) is 0 Å². The third kappa shape index (κ3) is 1.88. The van der Waals surface area contributed by atoms with Crippen LogP contribution in [0.1, 0.15) is 56.5 Å². The van der Waals surface area contributed by atoms with E-state index in [9.17, 15) is 0 Å². The first kappa shape index (κ1) is 10.5. The van der Waals surface area contributed by atoms with Crippen molar-refractivity contribution in [1.29, 1.82) is 0 Å². The minimum Gasteiger partial charge on any atom is -0.388 e. The van der Waals surface area contributed by atoms with Gasteiger partial charge in [0, 0.05) is 5.92 Å². The highest BCUT2D eigenvalue weighted by atomic mass is 32.1. The number of hydrogen-bond donors (Lipinski definition) is 1. The van der Waals surface area contributed by atoms with Crippen LogP contribution in [0.5, 0.6) is 0 Å². The molecule has 15 heavy (non-hydrogen) atoms. The SMILES string of the molecule is CCC(C)n1nnc(C(N)=S)c1C1CC1. The van der Waals surface area contributed by atoms with Crippen molar-refractivity contribution in [3.8, 4) is 0 Å². The molecule has 2 N–H and O–H groups in total. The summed E-state index contributed by atoms with van der Waals surface area (Å²) in [5.41, 5.74) is 7.53. The van der Waals surface area contributed by atoms with Crippen LogP contribution >= 0.6 is 12.2 Å². The summed E-state index contributed by atoms with van der Waals surface area (Å²) < 4.78 is 1.99. The van der Waals surface area contributed by atoms with Gasteiger partial charge in [0.25, 0.3) is 0 Å². The van der Waals surface area contributed by atoms with Crippen LogP contribution in [-0.4, -0.2) is 20.0 Å². The number of aromatic nitrogens is 3. The highest BCUT2D eigenvalue weighted by molar-refractivity contribution is 7.80. The molecule has 1 aliphatic rings. The summed E-state index contributed by atoms with van der Waals surface area (Å²) in [6.45, 7) is 4.29. The lowest BCUT2D eigenvalue weighted by Crippen LogP contribution is -2.15. The molecule has 1 aromatic rings. The van der Waals surface area contributed by atoms with Gasteiger partial charge >= 0.3 is 0 Å². The zero-order valence-electron chi connectivity index (χ0n) is 9.10. The van der Waals surface area contributed by atoms with Gasteiger partial charge in [-0.15, -0.1) is 5.10 Å². The maximum Gasteiger partial charge on any atom is 0.143 e. The van der Waals surface area contributed by atoms with Crippen LogP contribution in [0, 0.1) is 0 Å². The molecule has 1 unspecified atom stereocenters. The summed E-state index contributed by atoms with van der Waals surface area (Å²) in [7, 11) is 0. The monoisotopic (exact) mass is 224 g/mol. The Morgan fingerprint density at radius 1 is 1.67 bits per heavy atom. The first-order valence-electron chi connectivity index (χ1n) is 5.40. The molecule has 2 rings (SSSR count). The van der Waals surface area contributed by atoms with E-state index in [-0.39, 0.29) is 0 Å². The normalized spacial score (nSPS) is 17.7. The van der Waals surface area contributed by atoms with E-state index in [4.69, 9.17) is 18.0 Å². The van der Waals surface area contributed by atoms with Crippen molar-refractivity contribution >= 4 is 17.2 Å². The molecule has 1 atom stereocenters. The first-order chi connectivity index (χ1) is 7.15. The Labute approximate surface area is 94.8 Å². The second-order valence-corrected chi connectivity index (χ2v) is 4.60. The van der Waals surface area contributed by atoms with Gasteiger partial charge in [0.2, 0.25) is 0 Å². The number of rotatable bonds is 4. The van der Waals surface area contributed by atoms with Gasteiger partial charge in [0.1, 0.15) is 10.7 Å². The molecule has 1 heterocycles. The summed E-state index contributed by atoms with van der Waals surface area (Å²) in [5.74, 6) is 0.575. The van der Waals surface area contributed by atoms with E-state index < -0.39 is 0 Å².